The Kier molecular flexibility index (Phi) is 8.15. The highest BCUT2D eigenvalue weighted by Crippen LogP contribution is 2.34. The summed E-state index contributed by atoms with van der Waals surface area (Å²) >= 11 is 2.71. The number of benzene rings is 1. The van der Waals surface area contributed by atoms with Crippen LogP contribution in [0.15, 0.2) is 29.4 Å². The van der Waals surface area contributed by atoms with Crippen LogP contribution in [0.5, 0.6) is 0 Å². The van der Waals surface area contributed by atoms with Gasteiger partial charge in [-0.1, -0.05) is 30.8 Å². The molecule has 8 nitrogen and oxygen atoms in total. The number of nitrogens with one attached hydrogen (secondary N) is 1. The normalized spacial score (nSPS) is 10.8. The number of methoxy groups -OCH3 is 1. The molecule has 33 heavy (non-hydrogen) atoms. The van der Waals surface area contributed by atoms with Crippen molar-refractivity contribution in [1.82, 2.24) is 14.8 Å². The van der Waals surface area contributed by atoms with Gasteiger partial charge in [-0.15, -0.1) is 21.5 Å². The van der Waals surface area contributed by atoms with Crippen LogP contribution in [-0.2, 0) is 22.5 Å². The number of aryl methyl sites for hydroxylation is 1. The third-order valence-electron chi connectivity index (χ3n) is 5.19. The van der Waals surface area contributed by atoms with Gasteiger partial charge in [0.2, 0.25) is 5.91 Å². The Bertz CT molecular complexity index is 1150. The largest absolute Gasteiger partial charge is 0.465 e. The summed E-state index contributed by atoms with van der Waals surface area (Å²) in [6.45, 7) is 6.62. The topological polar surface area (TPSA) is 89.4 Å². The van der Waals surface area contributed by atoms with Crippen molar-refractivity contribution < 1.29 is 14.3 Å². The van der Waals surface area contributed by atoms with Crippen molar-refractivity contribution in [1.29, 1.82) is 0 Å². The van der Waals surface area contributed by atoms with Crippen LogP contribution in [0.25, 0.3) is 11.4 Å². The van der Waals surface area contributed by atoms with Crippen LogP contribution in [0.4, 0.5) is 10.7 Å². The fourth-order valence-electron chi connectivity index (χ4n) is 3.52. The SMILES string of the molecule is CCc1c(C)sc(NC(=O)CSc2nnc(-c3cccc(N(C)C)c3)n2CC)c1C(=O)OC. The van der Waals surface area contributed by atoms with Crippen LogP contribution >= 0.6 is 23.1 Å². The standard InChI is InChI=1S/C23H29N5O3S2/c1-7-17-14(3)33-21(19(17)22(30)31-6)24-18(29)13-32-23-26-25-20(28(23)8-2)15-10-9-11-16(12-15)27(4)5/h9-12H,7-8,13H2,1-6H3,(H,24,29). The zero-order chi connectivity index (χ0) is 24.1. The molecule has 3 rings (SSSR count). The van der Waals surface area contributed by atoms with E-state index in [-0.39, 0.29) is 11.7 Å². The second-order valence-corrected chi connectivity index (χ2v) is 9.69. The average molecular weight is 488 g/mol. The molecule has 0 unspecified atom stereocenters. The Balaban J connectivity index is 1.76. The van der Waals surface area contributed by atoms with Crippen LogP contribution in [0.2, 0.25) is 0 Å². The van der Waals surface area contributed by atoms with Gasteiger partial charge in [-0.25, -0.2) is 4.79 Å². The van der Waals surface area contributed by atoms with E-state index >= 15 is 0 Å². The molecule has 0 aliphatic heterocycles. The van der Waals surface area contributed by atoms with Gasteiger partial charge in [-0.05, 0) is 38.0 Å². The number of aromatic nitrogens is 3. The summed E-state index contributed by atoms with van der Waals surface area (Å²) in [5.41, 5.74) is 3.40. The molecule has 0 aliphatic rings. The van der Waals surface area contributed by atoms with E-state index in [0.717, 1.165) is 27.5 Å². The van der Waals surface area contributed by atoms with Crippen molar-refractivity contribution >= 4 is 45.7 Å². The number of anilines is 2. The first-order valence-electron chi connectivity index (χ1n) is 10.6. The molecule has 1 amide bonds. The number of hydrogen-bond acceptors (Lipinski definition) is 8. The third kappa shape index (κ3) is 5.39. The summed E-state index contributed by atoms with van der Waals surface area (Å²) in [5.74, 6) is 0.262. The highest BCUT2D eigenvalue weighted by molar-refractivity contribution is 7.99. The zero-order valence-electron chi connectivity index (χ0n) is 19.8. The van der Waals surface area contributed by atoms with Gasteiger partial charge < -0.3 is 19.5 Å². The summed E-state index contributed by atoms with van der Waals surface area (Å²) < 4.78 is 6.93. The molecule has 0 aliphatic carbocycles. The van der Waals surface area contributed by atoms with Crippen LogP contribution in [-0.4, -0.2) is 53.6 Å². The summed E-state index contributed by atoms with van der Waals surface area (Å²) in [4.78, 5) is 28.0. The maximum absolute atomic E-state index is 12.7. The molecule has 1 N–H and O–H groups in total. The van der Waals surface area contributed by atoms with E-state index in [9.17, 15) is 9.59 Å². The van der Waals surface area contributed by atoms with Crippen LogP contribution < -0.4 is 10.2 Å². The Hall–Kier alpha value is -2.85. The van der Waals surface area contributed by atoms with Gasteiger partial charge in [-0.2, -0.15) is 0 Å². The van der Waals surface area contributed by atoms with E-state index in [1.807, 2.05) is 62.5 Å². The first-order chi connectivity index (χ1) is 15.8. The van der Waals surface area contributed by atoms with Gasteiger partial charge in [0.15, 0.2) is 11.0 Å². The second kappa shape index (κ2) is 10.8. The lowest BCUT2D eigenvalue weighted by Crippen LogP contribution is -2.16. The summed E-state index contributed by atoms with van der Waals surface area (Å²) in [6, 6.07) is 8.10. The maximum Gasteiger partial charge on any atom is 0.341 e. The summed E-state index contributed by atoms with van der Waals surface area (Å²) in [5, 5.41) is 12.8. The Morgan fingerprint density at radius 1 is 1.24 bits per heavy atom. The monoisotopic (exact) mass is 487 g/mol. The molecule has 10 heteroatoms. The Morgan fingerprint density at radius 2 is 2.00 bits per heavy atom. The van der Waals surface area contributed by atoms with Crippen molar-refractivity contribution in [3.05, 3.63) is 40.3 Å². The molecule has 176 valence electrons. The van der Waals surface area contributed by atoms with Gasteiger partial charge in [-0.3, -0.25) is 4.79 Å². The zero-order valence-corrected chi connectivity index (χ0v) is 21.4. The molecule has 1 aromatic carbocycles. The number of thioether (sulfide) groups is 1. The number of thiophene rings is 1. The molecular formula is C23H29N5O3S2. The Morgan fingerprint density at radius 3 is 2.64 bits per heavy atom. The van der Waals surface area contributed by atoms with Crippen molar-refractivity contribution in [3.8, 4) is 11.4 Å². The number of hydrogen-bond donors (Lipinski definition) is 1. The first kappa shape index (κ1) is 24.8. The van der Waals surface area contributed by atoms with Crippen molar-refractivity contribution in [2.75, 3.05) is 37.2 Å². The van der Waals surface area contributed by atoms with E-state index < -0.39 is 5.97 Å². The van der Waals surface area contributed by atoms with Gasteiger partial charge in [0.1, 0.15) is 5.00 Å². The second-order valence-electron chi connectivity index (χ2n) is 7.52. The van der Waals surface area contributed by atoms with Gasteiger partial charge in [0.25, 0.3) is 0 Å². The molecule has 2 aromatic heterocycles. The molecule has 3 aromatic rings. The Labute approximate surface area is 202 Å². The fourth-order valence-corrected chi connectivity index (χ4v) is 5.47. The predicted molar refractivity (Wildman–Crippen MR) is 135 cm³/mol. The van der Waals surface area contributed by atoms with Gasteiger partial charge in [0, 0.05) is 36.8 Å². The predicted octanol–water partition coefficient (Wildman–Crippen LogP) is 4.48. The lowest BCUT2D eigenvalue weighted by molar-refractivity contribution is -0.113. The lowest BCUT2D eigenvalue weighted by atomic mass is 10.1. The van der Waals surface area contributed by atoms with E-state index in [0.29, 0.717) is 28.7 Å². The number of ether oxygens (including phenoxy) is 1. The maximum atomic E-state index is 12.7. The molecule has 0 saturated heterocycles. The highest BCUT2D eigenvalue weighted by Gasteiger charge is 2.23. The van der Waals surface area contributed by atoms with Crippen molar-refractivity contribution in [3.63, 3.8) is 0 Å². The van der Waals surface area contributed by atoms with Gasteiger partial charge >= 0.3 is 5.97 Å². The number of amides is 1. The number of rotatable bonds is 9. The summed E-state index contributed by atoms with van der Waals surface area (Å²) in [6.07, 6.45) is 0.689. The number of carbonyl (C=O) groups is 2. The van der Waals surface area contributed by atoms with Crippen LogP contribution in [0, 0.1) is 6.92 Å². The van der Waals surface area contributed by atoms with Crippen LogP contribution in [0.3, 0.4) is 0 Å². The first-order valence-corrected chi connectivity index (χ1v) is 12.4. The summed E-state index contributed by atoms with van der Waals surface area (Å²) in [7, 11) is 5.33. The van der Waals surface area contributed by atoms with E-state index in [2.05, 4.69) is 21.6 Å². The molecule has 0 bridgehead atoms. The smallest absolute Gasteiger partial charge is 0.341 e. The average Bonchev–Trinajstić information content (AvgIpc) is 3.36. The van der Waals surface area contributed by atoms with Crippen molar-refractivity contribution in [2.24, 2.45) is 0 Å². The van der Waals surface area contributed by atoms with Crippen LogP contribution in [0.1, 0.15) is 34.6 Å². The number of esters is 1. The number of nitrogens with zero attached hydrogens (tertiary/aromatic N) is 4. The third-order valence-corrected chi connectivity index (χ3v) is 7.22. The number of carbonyl (C=O) groups excluding carboxylic acids is 2. The van der Waals surface area contributed by atoms with E-state index in [1.54, 1.807) is 0 Å². The lowest BCUT2D eigenvalue weighted by Gasteiger charge is -2.14. The quantitative estimate of drug-likeness (QED) is 0.352. The van der Waals surface area contributed by atoms with Gasteiger partial charge in [0.05, 0.1) is 18.4 Å². The highest BCUT2D eigenvalue weighted by atomic mass is 32.2. The van der Waals surface area contributed by atoms with E-state index in [1.165, 1.54) is 30.2 Å². The molecule has 0 saturated carbocycles. The molecular weight excluding hydrogens is 458 g/mol. The minimum atomic E-state index is -0.436. The minimum absolute atomic E-state index is 0.148. The van der Waals surface area contributed by atoms with Crippen molar-refractivity contribution in [2.45, 2.75) is 38.9 Å². The molecule has 0 fully saturated rings. The van der Waals surface area contributed by atoms with E-state index in [4.69, 9.17) is 4.74 Å². The molecule has 0 radical (unpaired) electrons. The minimum Gasteiger partial charge on any atom is -0.465 e. The fraction of sp³-hybridized carbons (Fsp3) is 0.391. The molecule has 2 heterocycles. The molecule has 0 spiro atoms. The molecule has 0 atom stereocenters.